The SMILES string of the molecule is CC.CC.CC.CCOC(=O)CCC1CCCCN1S(=O)c1cc(C)c(Cl)cc1C. The smallest absolute Gasteiger partial charge is 0.305 e. The molecular formula is C24H44ClNO3S. The molecule has 0 saturated carbocycles. The molecule has 2 atom stereocenters. The van der Waals surface area contributed by atoms with Gasteiger partial charge in [-0.1, -0.05) is 59.6 Å². The van der Waals surface area contributed by atoms with Crippen molar-refractivity contribution in [3.05, 3.63) is 28.3 Å². The standard InChI is InChI=1S/C18H26ClNO3S.3C2H6/c1-4-23-18(21)9-8-15-7-5-6-10-20(15)24(22)17-12-13(2)16(19)11-14(17)3;3*1-2/h11-12,15H,4-10H2,1-3H3;3*1-2H3. The van der Waals surface area contributed by atoms with Gasteiger partial charge in [-0.3, -0.25) is 4.79 Å². The van der Waals surface area contributed by atoms with Gasteiger partial charge < -0.3 is 4.74 Å². The molecule has 0 aromatic heterocycles. The number of carbonyl (C=O) groups excluding carboxylic acids is 1. The lowest BCUT2D eigenvalue weighted by Crippen LogP contribution is -2.41. The minimum atomic E-state index is -1.23. The summed E-state index contributed by atoms with van der Waals surface area (Å²) < 4.78 is 20.2. The molecule has 0 aliphatic carbocycles. The molecule has 1 aromatic rings. The lowest BCUT2D eigenvalue weighted by Gasteiger charge is -2.34. The molecule has 0 amide bonds. The van der Waals surface area contributed by atoms with Crippen LogP contribution in [0.25, 0.3) is 0 Å². The van der Waals surface area contributed by atoms with Crippen molar-refractivity contribution in [2.24, 2.45) is 0 Å². The maximum Gasteiger partial charge on any atom is 0.305 e. The van der Waals surface area contributed by atoms with Crippen molar-refractivity contribution in [1.82, 2.24) is 4.31 Å². The molecule has 1 heterocycles. The highest BCUT2D eigenvalue weighted by molar-refractivity contribution is 7.82. The summed E-state index contributed by atoms with van der Waals surface area (Å²) in [5.41, 5.74) is 1.88. The number of esters is 1. The molecule has 30 heavy (non-hydrogen) atoms. The zero-order valence-corrected chi connectivity index (χ0v) is 22.2. The van der Waals surface area contributed by atoms with Crippen molar-refractivity contribution in [3.63, 3.8) is 0 Å². The molecule has 0 radical (unpaired) electrons. The maximum absolute atomic E-state index is 13.1. The van der Waals surface area contributed by atoms with Crippen molar-refractivity contribution in [1.29, 1.82) is 0 Å². The highest BCUT2D eigenvalue weighted by atomic mass is 35.5. The van der Waals surface area contributed by atoms with Gasteiger partial charge in [0.1, 0.15) is 11.0 Å². The van der Waals surface area contributed by atoms with Gasteiger partial charge in [-0.25, -0.2) is 8.51 Å². The lowest BCUT2D eigenvalue weighted by molar-refractivity contribution is -0.143. The lowest BCUT2D eigenvalue weighted by atomic mass is 10.0. The van der Waals surface area contributed by atoms with Crippen LogP contribution in [0.15, 0.2) is 17.0 Å². The molecule has 1 saturated heterocycles. The number of aryl methyl sites for hydroxylation is 2. The molecule has 1 aliphatic heterocycles. The number of piperidine rings is 1. The van der Waals surface area contributed by atoms with Crippen LogP contribution in [0.1, 0.15) is 91.7 Å². The van der Waals surface area contributed by atoms with Crippen molar-refractivity contribution in [3.8, 4) is 0 Å². The van der Waals surface area contributed by atoms with E-state index in [9.17, 15) is 9.00 Å². The van der Waals surface area contributed by atoms with E-state index in [2.05, 4.69) is 0 Å². The van der Waals surface area contributed by atoms with Crippen molar-refractivity contribution in [2.45, 2.75) is 105 Å². The molecule has 0 spiro atoms. The van der Waals surface area contributed by atoms with E-state index in [-0.39, 0.29) is 12.0 Å². The molecule has 2 unspecified atom stereocenters. The predicted octanol–water partition coefficient (Wildman–Crippen LogP) is 7.26. The van der Waals surface area contributed by atoms with Gasteiger partial charge in [0.05, 0.1) is 11.5 Å². The third-order valence-electron chi connectivity index (χ3n) is 4.42. The summed E-state index contributed by atoms with van der Waals surface area (Å²) >= 11 is 6.16. The van der Waals surface area contributed by atoms with Crippen LogP contribution in [0.4, 0.5) is 0 Å². The van der Waals surface area contributed by atoms with Crippen molar-refractivity contribution < 1.29 is 13.7 Å². The Labute approximate surface area is 193 Å². The average Bonchev–Trinajstić information content (AvgIpc) is 2.79. The molecule has 1 aromatic carbocycles. The van der Waals surface area contributed by atoms with Gasteiger partial charge in [-0.2, -0.15) is 0 Å². The van der Waals surface area contributed by atoms with Gasteiger partial charge >= 0.3 is 5.97 Å². The van der Waals surface area contributed by atoms with E-state index >= 15 is 0 Å². The topological polar surface area (TPSA) is 46.6 Å². The summed E-state index contributed by atoms with van der Waals surface area (Å²) in [6, 6.07) is 3.95. The van der Waals surface area contributed by atoms with Gasteiger partial charge in [-0.15, -0.1) is 0 Å². The fourth-order valence-corrected chi connectivity index (χ4v) is 4.93. The van der Waals surface area contributed by atoms with Gasteiger partial charge in [0.2, 0.25) is 0 Å². The van der Waals surface area contributed by atoms with E-state index < -0.39 is 11.0 Å². The van der Waals surface area contributed by atoms with Gasteiger partial charge in [-0.05, 0) is 63.3 Å². The highest BCUT2D eigenvalue weighted by Crippen LogP contribution is 2.29. The predicted molar refractivity (Wildman–Crippen MR) is 132 cm³/mol. The Bertz CT molecular complexity index is 623. The van der Waals surface area contributed by atoms with E-state index in [1.54, 1.807) is 0 Å². The first-order valence-corrected chi connectivity index (χ1v) is 13.0. The van der Waals surface area contributed by atoms with Crippen LogP contribution in [0.3, 0.4) is 0 Å². The van der Waals surface area contributed by atoms with Gasteiger partial charge in [0.25, 0.3) is 0 Å². The number of benzene rings is 1. The Kier molecular flexibility index (Phi) is 19.6. The number of hydrogen-bond acceptors (Lipinski definition) is 3. The van der Waals surface area contributed by atoms with Crippen molar-refractivity contribution in [2.75, 3.05) is 13.2 Å². The van der Waals surface area contributed by atoms with E-state index in [1.807, 2.05) is 78.8 Å². The number of hydrogen-bond donors (Lipinski definition) is 0. The molecule has 176 valence electrons. The minimum Gasteiger partial charge on any atom is -0.466 e. The fraction of sp³-hybridized carbons (Fsp3) is 0.708. The summed E-state index contributed by atoms with van der Waals surface area (Å²) in [7, 11) is -1.23. The first kappa shape index (κ1) is 31.3. The summed E-state index contributed by atoms with van der Waals surface area (Å²) in [4.78, 5) is 12.5. The molecule has 0 N–H and O–H groups in total. The van der Waals surface area contributed by atoms with Crippen molar-refractivity contribution >= 4 is 28.6 Å². The van der Waals surface area contributed by atoms with Crippen LogP contribution in [0, 0.1) is 13.8 Å². The van der Waals surface area contributed by atoms with Gasteiger partial charge in [0, 0.05) is 24.0 Å². The average molecular weight is 462 g/mol. The minimum absolute atomic E-state index is 0.152. The Morgan fingerprint density at radius 3 is 2.27 bits per heavy atom. The van der Waals surface area contributed by atoms with Crippen LogP contribution < -0.4 is 0 Å². The first-order valence-electron chi connectivity index (χ1n) is 11.5. The Morgan fingerprint density at radius 2 is 1.70 bits per heavy atom. The summed E-state index contributed by atoms with van der Waals surface area (Å²) in [6.07, 6.45) is 4.19. The van der Waals surface area contributed by atoms with Crippen LogP contribution >= 0.6 is 11.6 Å². The number of carbonyl (C=O) groups is 1. The molecule has 2 rings (SSSR count). The Morgan fingerprint density at radius 1 is 1.10 bits per heavy atom. The molecule has 4 nitrogen and oxygen atoms in total. The summed E-state index contributed by atoms with van der Waals surface area (Å²) in [6.45, 7) is 18.9. The zero-order valence-electron chi connectivity index (χ0n) is 20.6. The Hall–Kier alpha value is -0.910. The monoisotopic (exact) mass is 461 g/mol. The van der Waals surface area contributed by atoms with Crippen LogP contribution in [0.5, 0.6) is 0 Å². The fourth-order valence-electron chi connectivity index (χ4n) is 3.07. The zero-order chi connectivity index (χ0) is 23.7. The van der Waals surface area contributed by atoms with E-state index in [4.69, 9.17) is 16.3 Å². The number of halogens is 1. The first-order chi connectivity index (χ1) is 14.4. The summed E-state index contributed by atoms with van der Waals surface area (Å²) in [5.74, 6) is -0.174. The third-order valence-corrected chi connectivity index (χ3v) is 6.55. The van der Waals surface area contributed by atoms with E-state index in [1.165, 1.54) is 0 Å². The Balaban J connectivity index is 0. The second kappa shape index (κ2) is 18.8. The quantitative estimate of drug-likeness (QED) is 0.419. The number of rotatable bonds is 6. The van der Waals surface area contributed by atoms with Crippen LogP contribution in [-0.2, 0) is 20.5 Å². The molecular weight excluding hydrogens is 418 g/mol. The molecule has 1 aliphatic rings. The molecule has 1 fully saturated rings. The second-order valence-electron chi connectivity index (χ2n) is 6.25. The van der Waals surface area contributed by atoms with Gasteiger partial charge in [0.15, 0.2) is 0 Å². The highest BCUT2D eigenvalue weighted by Gasteiger charge is 2.29. The number of nitrogens with zero attached hydrogens (tertiary/aromatic N) is 1. The second-order valence-corrected chi connectivity index (χ2v) is 8.06. The third kappa shape index (κ3) is 10.4. The van der Waals surface area contributed by atoms with Crippen LogP contribution in [0.2, 0.25) is 5.02 Å². The maximum atomic E-state index is 13.1. The normalized spacial score (nSPS) is 16.5. The molecule has 0 bridgehead atoms. The largest absolute Gasteiger partial charge is 0.466 e. The van der Waals surface area contributed by atoms with E-state index in [0.29, 0.717) is 24.5 Å². The summed E-state index contributed by atoms with van der Waals surface area (Å²) in [5, 5.41) is 0.700. The van der Waals surface area contributed by atoms with Crippen LogP contribution in [-0.4, -0.2) is 33.7 Å². The molecule has 6 heteroatoms. The van der Waals surface area contributed by atoms with E-state index in [0.717, 1.165) is 41.8 Å². The number of ether oxygens (including phenoxy) is 1.